The molecule has 2 heteroatoms. The maximum absolute atomic E-state index is 3.33. The number of hydrogen-bond acceptors (Lipinski definition) is 1. The fourth-order valence-corrected chi connectivity index (χ4v) is 2.35. The number of hydrogen-bond donors (Lipinski definition) is 1. The summed E-state index contributed by atoms with van der Waals surface area (Å²) in [7, 11) is 2.11. The number of fused-ring (bicyclic) bond motifs is 1. The maximum Gasteiger partial charge on any atom is 0.0480 e. The first-order valence-corrected chi connectivity index (χ1v) is 5.58. The molecule has 0 atom stereocenters. The number of aryl methyl sites for hydroxylation is 1. The summed E-state index contributed by atoms with van der Waals surface area (Å²) < 4.78 is 2.19. The summed E-state index contributed by atoms with van der Waals surface area (Å²) in [6, 6.07) is 8.86. The molecular weight excluding hydrogens is 184 g/mol. The Kier molecular flexibility index (Phi) is 2.03. The molecule has 1 N–H and O–H groups in total. The topological polar surface area (TPSA) is 17.0 Å². The van der Waals surface area contributed by atoms with Gasteiger partial charge in [0.1, 0.15) is 0 Å². The summed E-state index contributed by atoms with van der Waals surface area (Å²) >= 11 is 0. The van der Waals surface area contributed by atoms with Gasteiger partial charge in [-0.05, 0) is 43.1 Å². The van der Waals surface area contributed by atoms with Crippen LogP contribution in [-0.2, 0) is 13.5 Å². The standard InChI is InChI=1S/C13H16N2/c1-15-6-5-12-11(3-2-4-13(12)15)7-10-8-14-9-10/h2-6,10,14H,7-9H2,1H3. The quantitative estimate of drug-likeness (QED) is 0.784. The van der Waals surface area contributed by atoms with E-state index in [1.54, 1.807) is 0 Å². The van der Waals surface area contributed by atoms with Gasteiger partial charge >= 0.3 is 0 Å². The van der Waals surface area contributed by atoms with Gasteiger partial charge in [0.2, 0.25) is 0 Å². The number of benzene rings is 1. The van der Waals surface area contributed by atoms with E-state index < -0.39 is 0 Å². The number of nitrogens with one attached hydrogen (secondary N) is 1. The van der Waals surface area contributed by atoms with Crippen molar-refractivity contribution in [2.45, 2.75) is 6.42 Å². The lowest BCUT2D eigenvalue weighted by Gasteiger charge is -2.27. The van der Waals surface area contributed by atoms with Crippen LogP contribution in [0, 0.1) is 5.92 Å². The van der Waals surface area contributed by atoms with Gasteiger partial charge in [0, 0.05) is 24.1 Å². The average molecular weight is 200 g/mol. The Hall–Kier alpha value is -1.28. The first-order valence-electron chi connectivity index (χ1n) is 5.58. The van der Waals surface area contributed by atoms with Crippen LogP contribution in [0.15, 0.2) is 30.5 Å². The van der Waals surface area contributed by atoms with E-state index in [0.717, 1.165) is 5.92 Å². The van der Waals surface area contributed by atoms with Crippen LogP contribution in [0.1, 0.15) is 5.56 Å². The molecule has 0 spiro atoms. The van der Waals surface area contributed by atoms with Gasteiger partial charge in [-0.3, -0.25) is 0 Å². The van der Waals surface area contributed by atoms with E-state index in [1.165, 1.54) is 36.0 Å². The van der Waals surface area contributed by atoms with E-state index in [1.807, 2.05) is 0 Å². The van der Waals surface area contributed by atoms with E-state index in [9.17, 15) is 0 Å². The van der Waals surface area contributed by atoms with Gasteiger partial charge in [0.05, 0.1) is 0 Å². The summed E-state index contributed by atoms with van der Waals surface area (Å²) in [5.41, 5.74) is 2.85. The second kappa shape index (κ2) is 3.38. The van der Waals surface area contributed by atoms with Crippen LogP contribution < -0.4 is 5.32 Å². The fourth-order valence-electron chi connectivity index (χ4n) is 2.35. The van der Waals surface area contributed by atoms with Crippen LogP contribution >= 0.6 is 0 Å². The Labute approximate surface area is 89.9 Å². The minimum atomic E-state index is 0.843. The Bertz CT molecular complexity index is 480. The van der Waals surface area contributed by atoms with Gasteiger partial charge in [-0.25, -0.2) is 0 Å². The molecule has 1 aromatic heterocycles. The van der Waals surface area contributed by atoms with Crippen molar-refractivity contribution in [3.63, 3.8) is 0 Å². The summed E-state index contributed by atoms with van der Waals surface area (Å²) in [5.74, 6) is 0.843. The van der Waals surface area contributed by atoms with Gasteiger partial charge in [-0.15, -0.1) is 0 Å². The predicted octanol–water partition coefficient (Wildman–Crippen LogP) is 1.94. The Morgan fingerprint density at radius 2 is 2.20 bits per heavy atom. The largest absolute Gasteiger partial charge is 0.351 e. The normalized spacial score (nSPS) is 16.9. The van der Waals surface area contributed by atoms with Gasteiger partial charge in [-0.1, -0.05) is 12.1 Å². The number of nitrogens with zero attached hydrogens (tertiary/aromatic N) is 1. The molecule has 0 amide bonds. The zero-order chi connectivity index (χ0) is 10.3. The number of aromatic nitrogens is 1. The zero-order valence-electron chi connectivity index (χ0n) is 9.03. The molecule has 0 bridgehead atoms. The highest BCUT2D eigenvalue weighted by atomic mass is 14.9. The van der Waals surface area contributed by atoms with Crippen LogP contribution in [-0.4, -0.2) is 17.7 Å². The van der Waals surface area contributed by atoms with Crippen molar-refractivity contribution in [1.82, 2.24) is 9.88 Å². The molecule has 1 saturated heterocycles. The van der Waals surface area contributed by atoms with E-state index in [-0.39, 0.29) is 0 Å². The molecule has 0 radical (unpaired) electrons. The Morgan fingerprint density at radius 3 is 2.93 bits per heavy atom. The summed E-state index contributed by atoms with van der Waals surface area (Å²) in [6.45, 7) is 2.37. The molecule has 0 unspecified atom stereocenters. The smallest absolute Gasteiger partial charge is 0.0480 e. The minimum absolute atomic E-state index is 0.843. The molecule has 3 rings (SSSR count). The third-order valence-corrected chi connectivity index (χ3v) is 3.39. The summed E-state index contributed by atoms with van der Waals surface area (Å²) in [6.07, 6.45) is 3.36. The van der Waals surface area contributed by atoms with E-state index in [2.05, 4.69) is 47.4 Å². The molecule has 0 aliphatic carbocycles. The highest BCUT2D eigenvalue weighted by Gasteiger charge is 2.18. The van der Waals surface area contributed by atoms with Crippen LogP contribution in [0.5, 0.6) is 0 Å². The fraction of sp³-hybridized carbons (Fsp3) is 0.385. The lowest BCUT2D eigenvalue weighted by molar-refractivity contribution is 0.347. The SMILES string of the molecule is Cn1ccc2c(CC3CNC3)cccc21. The van der Waals surface area contributed by atoms with Crippen molar-refractivity contribution in [2.75, 3.05) is 13.1 Å². The predicted molar refractivity (Wildman–Crippen MR) is 63.0 cm³/mol. The van der Waals surface area contributed by atoms with Crippen molar-refractivity contribution < 1.29 is 0 Å². The van der Waals surface area contributed by atoms with Gasteiger partial charge < -0.3 is 9.88 Å². The molecule has 2 aromatic rings. The molecular formula is C13H16N2. The van der Waals surface area contributed by atoms with Gasteiger partial charge in [-0.2, -0.15) is 0 Å². The second-order valence-electron chi connectivity index (χ2n) is 4.50. The van der Waals surface area contributed by atoms with Crippen molar-refractivity contribution in [2.24, 2.45) is 13.0 Å². The molecule has 1 aromatic carbocycles. The first-order chi connectivity index (χ1) is 7.34. The maximum atomic E-state index is 3.33. The van der Waals surface area contributed by atoms with Crippen molar-refractivity contribution >= 4 is 10.9 Å². The first kappa shape index (κ1) is 8.98. The molecule has 2 nitrogen and oxygen atoms in total. The van der Waals surface area contributed by atoms with Crippen LogP contribution in [0.4, 0.5) is 0 Å². The molecule has 78 valence electrons. The molecule has 1 fully saturated rings. The van der Waals surface area contributed by atoms with Gasteiger partial charge in [0.25, 0.3) is 0 Å². The Morgan fingerprint density at radius 1 is 1.33 bits per heavy atom. The van der Waals surface area contributed by atoms with Crippen LogP contribution in [0.25, 0.3) is 10.9 Å². The Balaban J connectivity index is 2.01. The van der Waals surface area contributed by atoms with E-state index in [4.69, 9.17) is 0 Å². The van der Waals surface area contributed by atoms with Crippen LogP contribution in [0.3, 0.4) is 0 Å². The highest BCUT2D eigenvalue weighted by Crippen LogP contribution is 2.23. The van der Waals surface area contributed by atoms with Crippen LogP contribution in [0.2, 0.25) is 0 Å². The highest BCUT2D eigenvalue weighted by molar-refractivity contribution is 5.83. The summed E-state index contributed by atoms with van der Waals surface area (Å²) in [5, 5.41) is 4.75. The summed E-state index contributed by atoms with van der Waals surface area (Å²) in [4.78, 5) is 0. The molecule has 0 saturated carbocycles. The third-order valence-electron chi connectivity index (χ3n) is 3.39. The second-order valence-corrected chi connectivity index (χ2v) is 4.50. The lowest BCUT2D eigenvalue weighted by atomic mass is 9.93. The monoisotopic (exact) mass is 200 g/mol. The minimum Gasteiger partial charge on any atom is -0.351 e. The van der Waals surface area contributed by atoms with E-state index >= 15 is 0 Å². The average Bonchev–Trinajstić information content (AvgIpc) is 2.55. The van der Waals surface area contributed by atoms with Crippen molar-refractivity contribution in [1.29, 1.82) is 0 Å². The number of rotatable bonds is 2. The lowest BCUT2D eigenvalue weighted by Crippen LogP contribution is -2.43. The molecule has 2 heterocycles. The van der Waals surface area contributed by atoms with Crippen molar-refractivity contribution in [3.8, 4) is 0 Å². The molecule has 15 heavy (non-hydrogen) atoms. The van der Waals surface area contributed by atoms with E-state index in [0.29, 0.717) is 0 Å². The third kappa shape index (κ3) is 1.45. The zero-order valence-corrected chi connectivity index (χ0v) is 9.03. The van der Waals surface area contributed by atoms with Crippen molar-refractivity contribution in [3.05, 3.63) is 36.0 Å². The molecule has 1 aliphatic rings. The van der Waals surface area contributed by atoms with Gasteiger partial charge in [0.15, 0.2) is 0 Å². The molecule has 1 aliphatic heterocycles.